The van der Waals surface area contributed by atoms with E-state index in [1.54, 1.807) is 12.1 Å². The van der Waals surface area contributed by atoms with E-state index in [1.165, 1.54) is 12.5 Å². The van der Waals surface area contributed by atoms with Crippen molar-refractivity contribution in [2.75, 3.05) is 17.2 Å². The fraction of sp³-hybridized carbons (Fsp3) is 0.214. The van der Waals surface area contributed by atoms with E-state index in [9.17, 15) is 4.79 Å². The molecule has 98 valence electrons. The Morgan fingerprint density at radius 1 is 1.05 bits per heavy atom. The Bertz CT molecular complexity index is 525. The molecule has 0 saturated carbocycles. The Labute approximate surface area is 112 Å². The summed E-state index contributed by atoms with van der Waals surface area (Å²) in [6.07, 6.45) is 0.927. The van der Waals surface area contributed by atoms with Crippen LogP contribution in [0, 0.1) is 0 Å². The number of carbonyl (C=O) groups is 1. The molecule has 0 unspecified atom stereocenters. The van der Waals surface area contributed by atoms with Crippen LogP contribution in [0.2, 0.25) is 0 Å². The highest BCUT2D eigenvalue weighted by molar-refractivity contribution is 5.87. The normalized spacial score (nSPS) is 9.95. The van der Waals surface area contributed by atoms with Crippen LogP contribution < -0.4 is 10.6 Å². The summed E-state index contributed by atoms with van der Waals surface area (Å²) in [5.74, 6) is 1.00. The van der Waals surface area contributed by atoms with Crippen LogP contribution in [0.1, 0.15) is 12.5 Å². The Kier molecular flexibility index (Phi) is 4.44. The first-order valence-corrected chi connectivity index (χ1v) is 6.13. The van der Waals surface area contributed by atoms with Crippen molar-refractivity contribution in [1.82, 2.24) is 10.2 Å². The Morgan fingerprint density at radius 3 is 2.37 bits per heavy atom. The molecule has 1 heterocycles. The molecule has 19 heavy (non-hydrogen) atoms. The minimum absolute atomic E-state index is 0.154. The molecule has 1 amide bonds. The zero-order valence-corrected chi connectivity index (χ0v) is 10.8. The van der Waals surface area contributed by atoms with Crippen LogP contribution in [0.5, 0.6) is 0 Å². The van der Waals surface area contributed by atoms with Crippen molar-refractivity contribution in [2.24, 2.45) is 0 Å². The van der Waals surface area contributed by atoms with Gasteiger partial charge in [-0.25, -0.2) is 0 Å². The summed E-state index contributed by atoms with van der Waals surface area (Å²) in [5.41, 5.74) is 1.28. The molecule has 0 radical (unpaired) electrons. The summed E-state index contributed by atoms with van der Waals surface area (Å²) in [7, 11) is 0. The molecular weight excluding hydrogens is 240 g/mol. The SMILES string of the molecule is CC(=O)Nc1ccc(NCCc2ccccc2)nn1. The van der Waals surface area contributed by atoms with Gasteiger partial charge in [0.05, 0.1) is 0 Å². The number of hydrogen-bond donors (Lipinski definition) is 2. The maximum Gasteiger partial charge on any atom is 0.222 e. The lowest BCUT2D eigenvalue weighted by Gasteiger charge is -2.06. The predicted octanol–water partition coefficient (Wildman–Crippen LogP) is 2.09. The molecule has 0 bridgehead atoms. The molecule has 2 aromatic rings. The quantitative estimate of drug-likeness (QED) is 0.859. The molecule has 0 aliphatic rings. The number of aromatic nitrogens is 2. The molecule has 1 aromatic heterocycles. The number of carbonyl (C=O) groups excluding carboxylic acids is 1. The van der Waals surface area contributed by atoms with Crippen LogP contribution in [0.4, 0.5) is 11.6 Å². The summed E-state index contributed by atoms with van der Waals surface area (Å²) >= 11 is 0. The molecule has 5 nitrogen and oxygen atoms in total. The van der Waals surface area contributed by atoms with Crippen molar-refractivity contribution in [3.05, 3.63) is 48.0 Å². The van der Waals surface area contributed by atoms with Crippen LogP contribution >= 0.6 is 0 Å². The molecule has 0 atom stereocenters. The van der Waals surface area contributed by atoms with E-state index in [-0.39, 0.29) is 5.91 Å². The van der Waals surface area contributed by atoms with Crippen LogP contribution in [0.25, 0.3) is 0 Å². The number of nitrogens with one attached hydrogen (secondary N) is 2. The van der Waals surface area contributed by atoms with Crippen LogP contribution in [0.3, 0.4) is 0 Å². The third kappa shape index (κ3) is 4.39. The van der Waals surface area contributed by atoms with Gasteiger partial charge < -0.3 is 10.6 Å². The fourth-order valence-electron chi connectivity index (χ4n) is 1.65. The topological polar surface area (TPSA) is 66.9 Å². The number of nitrogens with zero attached hydrogens (tertiary/aromatic N) is 2. The third-order valence-electron chi connectivity index (χ3n) is 2.53. The first-order valence-electron chi connectivity index (χ1n) is 6.13. The van der Waals surface area contributed by atoms with Crippen molar-refractivity contribution in [3.8, 4) is 0 Å². The second kappa shape index (κ2) is 6.49. The van der Waals surface area contributed by atoms with Crippen LogP contribution in [-0.2, 0) is 11.2 Å². The largest absolute Gasteiger partial charge is 0.368 e. The van der Waals surface area contributed by atoms with Crippen molar-refractivity contribution < 1.29 is 4.79 Å². The van der Waals surface area contributed by atoms with Crippen molar-refractivity contribution in [2.45, 2.75) is 13.3 Å². The van der Waals surface area contributed by atoms with Gasteiger partial charge in [-0.3, -0.25) is 4.79 Å². The molecule has 1 aromatic carbocycles. The predicted molar refractivity (Wildman–Crippen MR) is 75.0 cm³/mol. The van der Waals surface area contributed by atoms with Gasteiger partial charge in [0.15, 0.2) is 5.82 Å². The van der Waals surface area contributed by atoms with E-state index in [2.05, 4.69) is 33.0 Å². The van der Waals surface area contributed by atoms with E-state index < -0.39 is 0 Å². The van der Waals surface area contributed by atoms with E-state index >= 15 is 0 Å². The van der Waals surface area contributed by atoms with E-state index in [0.717, 1.165) is 13.0 Å². The summed E-state index contributed by atoms with van der Waals surface area (Å²) in [6, 6.07) is 13.8. The first-order chi connectivity index (χ1) is 9.24. The smallest absolute Gasteiger partial charge is 0.222 e. The van der Waals surface area contributed by atoms with Gasteiger partial charge in [-0.2, -0.15) is 0 Å². The maximum atomic E-state index is 10.8. The molecule has 0 saturated heterocycles. The number of rotatable bonds is 5. The summed E-state index contributed by atoms with van der Waals surface area (Å²) in [6.45, 7) is 2.23. The van der Waals surface area contributed by atoms with Crippen molar-refractivity contribution in [3.63, 3.8) is 0 Å². The summed E-state index contributed by atoms with van der Waals surface area (Å²) in [4.78, 5) is 10.8. The van der Waals surface area contributed by atoms with E-state index in [4.69, 9.17) is 0 Å². The number of amides is 1. The second-order valence-electron chi connectivity index (χ2n) is 4.15. The van der Waals surface area contributed by atoms with Gasteiger partial charge in [0.25, 0.3) is 0 Å². The monoisotopic (exact) mass is 256 g/mol. The number of benzene rings is 1. The average Bonchev–Trinajstić information content (AvgIpc) is 2.41. The van der Waals surface area contributed by atoms with Gasteiger partial charge in [0, 0.05) is 13.5 Å². The Hall–Kier alpha value is -2.43. The molecule has 2 rings (SSSR count). The highest BCUT2D eigenvalue weighted by atomic mass is 16.1. The van der Waals surface area contributed by atoms with Crippen molar-refractivity contribution in [1.29, 1.82) is 0 Å². The van der Waals surface area contributed by atoms with E-state index in [0.29, 0.717) is 11.6 Å². The minimum Gasteiger partial charge on any atom is -0.368 e. The van der Waals surface area contributed by atoms with Crippen LogP contribution in [-0.4, -0.2) is 22.6 Å². The second-order valence-corrected chi connectivity index (χ2v) is 4.15. The molecule has 0 aliphatic carbocycles. The summed E-state index contributed by atoms with van der Waals surface area (Å²) in [5, 5.41) is 13.6. The van der Waals surface area contributed by atoms with E-state index in [1.807, 2.05) is 18.2 Å². The van der Waals surface area contributed by atoms with Gasteiger partial charge in [-0.1, -0.05) is 30.3 Å². The van der Waals surface area contributed by atoms with Gasteiger partial charge in [0.2, 0.25) is 5.91 Å². The highest BCUT2D eigenvalue weighted by Crippen LogP contribution is 2.06. The standard InChI is InChI=1S/C14H16N4O/c1-11(19)16-14-8-7-13(17-18-14)15-10-9-12-5-3-2-4-6-12/h2-8H,9-10H2,1H3,(H,15,17)(H,16,18,19). The Balaban J connectivity index is 1.81. The van der Waals surface area contributed by atoms with Gasteiger partial charge in [-0.15, -0.1) is 10.2 Å². The highest BCUT2D eigenvalue weighted by Gasteiger charge is 1.99. The lowest BCUT2D eigenvalue weighted by molar-refractivity contribution is -0.114. The van der Waals surface area contributed by atoms with Crippen LogP contribution in [0.15, 0.2) is 42.5 Å². The third-order valence-corrected chi connectivity index (χ3v) is 2.53. The lowest BCUT2D eigenvalue weighted by Crippen LogP contribution is -2.10. The van der Waals surface area contributed by atoms with Crippen molar-refractivity contribution >= 4 is 17.5 Å². The molecule has 2 N–H and O–H groups in total. The van der Waals surface area contributed by atoms with Gasteiger partial charge >= 0.3 is 0 Å². The molecule has 5 heteroatoms. The lowest BCUT2D eigenvalue weighted by atomic mass is 10.1. The summed E-state index contributed by atoms with van der Waals surface area (Å²) < 4.78 is 0. The molecular formula is C14H16N4O. The molecule has 0 spiro atoms. The Morgan fingerprint density at radius 2 is 1.74 bits per heavy atom. The molecule has 0 fully saturated rings. The first kappa shape index (κ1) is 13.0. The number of anilines is 2. The van der Waals surface area contributed by atoms with Gasteiger partial charge in [0.1, 0.15) is 5.82 Å². The minimum atomic E-state index is -0.154. The zero-order chi connectivity index (χ0) is 13.5. The van der Waals surface area contributed by atoms with Gasteiger partial charge in [-0.05, 0) is 24.1 Å². The average molecular weight is 256 g/mol. The maximum absolute atomic E-state index is 10.8. The zero-order valence-electron chi connectivity index (χ0n) is 10.8. The molecule has 0 aliphatic heterocycles. The fourth-order valence-corrected chi connectivity index (χ4v) is 1.65. The number of hydrogen-bond acceptors (Lipinski definition) is 4.